The van der Waals surface area contributed by atoms with Crippen molar-refractivity contribution in [3.05, 3.63) is 22.7 Å². The number of halogens is 1. The quantitative estimate of drug-likeness (QED) is 0.782. The van der Waals surface area contributed by atoms with Crippen LogP contribution in [0.3, 0.4) is 0 Å². The predicted molar refractivity (Wildman–Crippen MR) is 64.5 cm³/mol. The molecule has 0 amide bonds. The molecule has 0 saturated carbocycles. The highest BCUT2D eigenvalue weighted by Gasteiger charge is 2.20. The average Bonchev–Trinajstić information content (AvgIpc) is 2.57. The highest BCUT2D eigenvalue weighted by atomic mass is 79.9. The van der Waals surface area contributed by atoms with E-state index in [-0.39, 0.29) is 0 Å². The van der Waals surface area contributed by atoms with E-state index in [1.807, 2.05) is 12.1 Å². The van der Waals surface area contributed by atoms with Gasteiger partial charge in [0.15, 0.2) is 0 Å². The van der Waals surface area contributed by atoms with Gasteiger partial charge in [-0.15, -0.1) is 0 Å². The second-order valence-corrected chi connectivity index (χ2v) is 4.87. The Bertz CT molecular complexity index is 338. The van der Waals surface area contributed by atoms with E-state index in [4.69, 9.17) is 5.73 Å². The molecule has 3 heteroatoms. The third-order valence-electron chi connectivity index (χ3n) is 2.79. The molecule has 76 valence electrons. The lowest BCUT2D eigenvalue weighted by Gasteiger charge is -2.20. The largest absolute Gasteiger partial charge is 0.396 e. The summed E-state index contributed by atoms with van der Waals surface area (Å²) in [6, 6.07) is 6.12. The fourth-order valence-corrected chi connectivity index (χ4v) is 2.31. The van der Waals surface area contributed by atoms with Gasteiger partial charge >= 0.3 is 0 Å². The number of hydrogen-bond acceptors (Lipinski definition) is 2. The lowest BCUT2D eigenvalue weighted by molar-refractivity contribution is 0.659. The first-order chi connectivity index (χ1) is 6.68. The van der Waals surface area contributed by atoms with Crippen LogP contribution in [0.1, 0.15) is 13.3 Å². The molecule has 1 heterocycles. The smallest absolute Gasteiger partial charge is 0.0696 e. The van der Waals surface area contributed by atoms with Gasteiger partial charge in [0.2, 0.25) is 0 Å². The van der Waals surface area contributed by atoms with Crippen LogP contribution in [0.5, 0.6) is 0 Å². The molecule has 0 aromatic heterocycles. The van der Waals surface area contributed by atoms with Crippen molar-refractivity contribution in [1.82, 2.24) is 0 Å². The van der Waals surface area contributed by atoms with Crippen molar-refractivity contribution in [3.63, 3.8) is 0 Å². The molecule has 0 bridgehead atoms. The molecule has 1 fully saturated rings. The molecule has 1 aliphatic heterocycles. The fourth-order valence-electron chi connectivity index (χ4n) is 1.96. The van der Waals surface area contributed by atoms with Crippen LogP contribution in [0.2, 0.25) is 0 Å². The van der Waals surface area contributed by atoms with E-state index >= 15 is 0 Å². The lowest BCUT2D eigenvalue weighted by Crippen LogP contribution is -2.20. The maximum Gasteiger partial charge on any atom is 0.0696 e. The Morgan fingerprint density at radius 3 is 2.93 bits per heavy atom. The summed E-state index contributed by atoms with van der Waals surface area (Å²) in [6.07, 6.45) is 1.27. The minimum absolute atomic E-state index is 0.786. The van der Waals surface area contributed by atoms with Crippen molar-refractivity contribution in [2.45, 2.75) is 13.3 Å². The first-order valence-corrected chi connectivity index (χ1v) is 5.76. The van der Waals surface area contributed by atoms with E-state index in [0.29, 0.717) is 0 Å². The van der Waals surface area contributed by atoms with Crippen LogP contribution in [0, 0.1) is 5.92 Å². The summed E-state index contributed by atoms with van der Waals surface area (Å²) in [5, 5.41) is 0. The standard InChI is InChI=1S/C11H15BrN2/c1-8-5-6-14(7-8)10-4-2-3-9(12)11(10)13/h2-4,8H,5-7,13H2,1H3. The maximum absolute atomic E-state index is 6.02. The van der Waals surface area contributed by atoms with Gasteiger partial charge in [-0.25, -0.2) is 0 Å². The molecule has 14 heavy (non-hydrogen) atoms. The second-order valence-electron chi connectivity index (χ2n) is 4.01. The fraction of sp³-hybridized carbons (Fsp3) is 0.455. The zero-order chi connectivity index (χ0) is 10.1. The molecule has 0 spiro atoms. The third kappa shape index (κ3) is 1.73. The first kappa shape index (κ1) is 9.84. The number of nitrogens with two attached hydrogens (primary N) is 1. The van der Waals surface area contributed by atoms with Crippen LogP contribution < -0.4 is 10.6 Å². The number of rotatable bonds is 1. The summed E-state index contributed by atoms with van der Waals surface area (Å²) in [5.74, 6) is 0.786. The summed E-state index contributed by atoms with van der Waals surface area (Å²) in [5.41, 5.74) is 8.05. The Morgan fingerprint density at radius 2 is 2.29 bits per heavy atom. The van der Waals surface area contributed by atoms with Crippen molar-refractivity contribution in [1.29, 1.82) is 0 Å². The summed E-state index contributed by atoms with van der Waals surface area (Å²) < 4.78 is 0.995. The molecule has 2 rings (SSSR count). The predicted octanol–water partition coefficient (Wildman–Crippen LogP) is 2.88. The SMILES string of the molecule is CC1CCN(c2cccc(Br)c2N)C1. The van der Waals surface area contributed by atoms with E-state index < -0.39 is 0 Å². The Hall–Kier alpha value is -0.700. The van der Waals surface area contributed by atoms with Crippen molar-refractivity contribution >= 4 is 27.3 Å². The topological polar surface area (TPSA) is 29.3 Å². The van der Waals surface area contributed by atoms with Gasteiger partial charge in [0.25, 0.3) is 0 Å². The first-order valence-electron chi connectivity index (χ1n) is 4.97. The Morgan fingerprint density at radius 1 is 1.50 bits per heavy atom. The van der Waals surface area contributed by atoms with E-state index in [1.54, 1.807) is 0 Å². The molecule has 0 aliphatic carbocycles. The summed E-state index contributed by atoms with van der Waals surface area (Å²) in [7, 11) is 0. The minimum Gasteiger partial charge on any atom is -0.396 e. The van der Waals surface area contributed by atoms with Crippen LogP contribution in [0.25, 0.3) is 0 Å². The Labute approximate surface area is 93.2 Å². The van der Waals surface area contributed by atoms with E-state index in [9.17, 15) is 0 Å². The highest BCUT2D eigenvalue weighted by molar-refractivity contribution is 9.10. The van der Waals surface area contributed by atoms with Gasteiger partial charge in [0, 0.05) is 17.6 Å². The molecule has 2 nitrogen and oxygen atoms in total. The van der Waals surface area contributed by atoms with Crippen molar-refractivity contribution in [2.24, 2.45) is 5.92 Å². The highest BCUT2D eigenvalue weighted by Crippen LogP contribution is 2.33. The van der Waals surface area contributed by atoms with Crippen LogP contribution >= 0.6 is 15.9 Å². The van der Waals surface area contributed by atoms with E-state index in [2.05, 4.69) is 33.8 Å². The molecular weight excluding hydrogens is 240 g/mol. The molecule has 1 atom stereocenters. The molecule has 1 unspecified atom stereocenters. The average molecular weight is 255 g/mol. The molecule has 1 aliphatic rings. The van der Waals surface area contributed by atoms with Gasteiger partial charge in [0.05, 0.1) is 11.4 Å². The van der Waals surface area contributed by atoms with Gasteiger partial charge in [0.1, 0.15) is 0 Å². The second kappa shape index (κ2) is 3.81. The minimum atomic E-state index is 0.786. The number of para-hydroxylation sites is 1. The molecular formula is C11H15BrN2. The molecule has 1 aromatic carbocycles. The summed E-state index contributed by atoms with van der Waals surface area (Å²) >= 11 is 3.46. The number of hydrogen-bond donors (Lipinski definition) is 1. The van der Waals surface area contributed by atoms with Crippen molar-refractivity contribution < 1.29 is 0 Å². The Kier molecular flexibility index (Phi) is 2.68. The van der Waals surface area contributed by atoms with Gasteiger partial charge in [-0.05, 0) is 40.4 Å². The zero-order valence-corrected chi connectivity index (χ0v) is 9.92. The number of nitrogen functional groups attached to an aromatic ring is 1. The monoisotopic (exact) mass is 254 g/mol. The van der Waals surface area contributed by atoms with Gasteiger partial charge in [-0.1, -0.05) is 13.0 Å². The summed E-state index contributed by atoms with van der Waals surface area (Å²) in [4.78, 5) is 2.37. The number of nitrogens with zero attached hydrogens (tertiary/aromatic N) is 1. The zero-order valence-electron chi connectivity index (χ0n) is 8.33. The normalized spacial score (nSPS) is 21.6. The van der Waals surface area contributed by atoms with E-state index in [1.165, 1.54) is 12.1 Å². The van der Waals surface area contributed by atoms with Gasteiger partial charge in [-0.2, -0.15) is 0 Å². The number of benzene rings is 1. The van der Waals surface area contributed by atoms with Crippen LogP contribution in [-0.2, 0) is 0 Å². The van der Waals surface area contributed by atoms with Crippen LogP contribution in [-0.4, -0.2) is 13.1 Å². The van der Waals surface area contributed by atoms with Gasteiger partial charge < -0.3 is 10.6 Å². The summed E-state index contributed by atoms with van der Waals surface area (Å²) in [6.45, 7) is 4.54. The molecule has 0 radical (unpaired) electrons. The molecule has 2 N–H and O–H groups in total. The van der Waals surface area contributed by atoms with E-state index in [0.717, 1.165) is 29.2 Å². The maximum atomic E-state index is 6.02. The third-order valence-corrected chi connectivity index (χ3v) is 3.49. The van der Waals surface area contributed by atoms with Crippen LogP contribution in [0.4, 0.5) is 11.4 Å². The van der Waals surface area contributed by atoms with Crippen molar-refractivity contribution in [3.8, 4) is 0 Å². The number of anilines is 2. The Balaban J connectivity index is 2.28. The lowest BCUT2D eigenvalue weighted by atomic mass is 10.2. The van der Waals surface area contributed by atoms with Gasteiger partial charge in [-0.3, -0.25) is 0 Å². The van der Waals surface area contributed by atoms with Crippen molar-refractivity contribution in [2.75, 3.05) is 23.7 Å². The van der Waals surface area contributed by atoms with Crippen LogP contribution in [0.15, 0.2) is 22.7 Å². The molecule has 1 aromatic rings. The molecule has 1 saturated heterocycles.